The number of nitrogens with one attached hydrogen (secondary N) is 1. The molecule has 0 amide bonds. The lowest BCUT2D eigenvalue weighted by Crippen LogP contribution is -3.14. The molecule has 2 heterocycles. The number of ether oxygens (including phenoxy) is 4. The van der Waals surface area contributed by atoms with Crippen molar-refractivity contribution in [2.75, 3.05) is 28.3 Å². The van der Waals surface area contributed by atoms with Crippen LogP contribution >= 0.6 is 0 Å². The molecule has 40 heavy (non-hydrogen) atoms. The number of rotatable bonds is 5. The van der Waals surface area contributed by atoms with Crippen molar-refractivity contribution in [1.29, 1.82) is 0 Å². The van der Waals surface area contributed by atoms with Crippen LogP contribution in [0.1, 0.15) is 31.1 Å². The Balaban J connectivity index is 1.87. The van der Waals surface area contributed by atoms with E-state index in [-0.39, 0.29) is 11.3 Å². The summed E-state index contributed by atoms with van der Waals surface area (Å²) in [6.45, 7) is 4.96. The van der Waals surface area contributed by atoms with Crippen LogP contribution in [-0.2, 0) is 14.3 Å². The van der Waals surface area contributed by atoms with Crippen molar-refractivity contribution >= 4 is 38.5 Å². The van der Waals surface area contributed by atoms with Gasteiger partial charge >= 0.3 is 11.6 Å². The molecule has 1 aliphatic heterocycles. The standard InChI is InChI=1S/C30H33NO9/c1-13-10-18-22(20(11-13)36-6)17-12-21(37-7)24-19(33)9-8-16(23(24)28(17)40-30(18)35)29-26(34)25(31(4)5)27(14(2)38-29)39-15(3)32/h8-12,14,25-27,29,33-34H,1-7H3/p+1/t14-,25+,26+,27-,29-/m0/s1. The minimum atomic E-state index is -1.12. The SMILES string of the molecule is COc1cc2c(oc(=O)c3cc(C)cc(OC)c32)c2c([C@@H]3O[C@@H](C)[C@H](OC(C)=O)[C@H]([NH+](C)C)[C@H]3O)ccc(O)c12. The van der Waals surface area contributed by atoms with E-state index in [2.05, 4.69) is 0 Å². The van der Waals surface area contributed by atoms with E-state index < -0.39 is 42.1 Å². The van der Waals surface area contributed by atoms with Crippen molar-refractivity contribution in [3.8, 4) is 17.2 Å². The van der Waals surface area contributed by atoms with Gasteiger partial charge in [0, 0.05) is 23.1 Å². The number of hydrogen-bond donors (Lipinski definition) is 3. The van der Waals surface area contributed by atoms with E-state index in [0.29, 0.717) is 44.0 Å². The van der Waals surface area contributed by atoms with Crippen LogP contribution in [0.15, 0.2) is 39.5 Å². The molecule has 10 heteroatoms. The van der Waals surface area contributed by atoms with Crippen LogP contribution in [-0.4, -0.2) is 68.9 Å². The number of hydrogen-bond acceptors (Lipinski definition) is 9. The number of aliphatic hydroxyl groups excluding tert-OH is 1. The molecule has 4 aromatic rings. The van der Waals surface area contributed by atoms with Crippen molar-refractivity contribution in [3.05, 3.63) is 51.9 Å². The number of carbonyl (C=O) groups is 1. The van der Waals surface area contributed by atoms with Gasteiger partial charge in [-0.25, -0.2) is 4.79 Å². The molecule has 5 rings (SSSR count). The summed E-state index contributed by atoms with van der Waals surface area (Å²) in [4.78, 5) is 26.1. The Morgan fingerprint density at radius 2 is 1.68 bits per heavy atom. The lowest BCUT2D eigenvalue weighted by atomic mass is 9.86. The number of benzene rings is 3. The first kappa shape index (κ1) is 27.7. The Morgan fingerprint density at radius 3 is 2.30 bits per heavy atom. The molecule has 1 saturated heterocycles. The molecule has 3 N–H and O–H groups in total. The summed E-state index contributed by atoms with van der Waals surface area (Å²) in [7, 11) is 6.75. The van der Waals surface area contributed by atoms with Gasteiger partial charge in [-0.05, 0) is 49.2 Å². The van der Waals surface area contributed by atoms with Gasteiger partial charge in [0.1, 0.15) is 35.0 Å². The summed E-state index contributed by atoms with van der Waals surface area (Å²) in [5.41, 5.74) is 0.932. The van der Waals surface area contributed by atoms with E-state index in [1.165, 1.54) is 27.2 Å². The number of phenols is 1. The summed E-state index contributed by atoms with van der Waals surface area (Å²) in [5.74, 6) is 0.257. The van der Waals surface area contributed by atoms with E-state index in [1.807, 2.05) is 27.1 Å². The predicted molar refractivity (Wildman–Crippen MR) is 148 cm³/mol. The molecule has 212 valence electrons. The van der Waals surface area contributed by atoms with E-state index in [0.717, 1.165) is 10.5 Å². The number of quaternary nitrogens is 1. The minimum Gasteiger partial charge on any atom is -0.507 e. The van der Waals surface area contributed by atoms with Gasteiger partial charge in [-0.15, -0.1) is 0 Å². The Kier molecular flexibility index (Phi) is 7.11. The predicted octanol–water partition coefficient (Wildman–Crippen LogP) is 2.40. The molecule has 0 spiro atoms. The van der Waals surface area contributed by atoms with E-state index >= 15 is 0 Å². The van der Waals surface area contributed by atoms with Crippen LogP contribution in [0.2, 0.25) is 0 Å². The molecular weight excluding hydrogens is 518 g/mol. The highest BCUT2D eigenvalue weighted by atomic mass is 16.6. The molecule has 0 saturated carbocycles. The third-order valence-corrected chi connectivity index (χ3v) is 7.71. The highest BCUT2D eigenvalue weighted by Crippen LogP contribution is 2.47. The monoisotopic (exact) mass is 552 g/mol. The molecule has 3 aromatic carbocycles. The molecule has 1 aromatic heterocycles. The molecule has 1 fully saturated rings. The van der Waals surface area contributed by atoms with Crippen LogP contribution in [0, 0.1) is 6.92 Å². The zero-order chi connectivity index (χ0) is 29.0. The molecule has 0 bridgehead atoms. The topological polar surface area (TPSA) is 129 Å². The number of esters is 1. The molecule has 0 aliphatic carbocycles. The number of aromatic hydroxyl groups is 1. The van der Waals surface area contributed by atoms with E-state index in [1.54, 1.807) is 25.1 Å². The van der Waals surface area contributed by atoms with Crippen molar-refractivity contribution in [2.24, 2.45) is 0 Å². The fraction of sp³-hybridized carbons (Fsp3) is 0.400. The Hall–Kier alpha value is -3.86. The van der Waals surface area contributed by atoms with Crippen molar-refractivity contribution in [3.63, 3.8) is 0 Å². The molecular formula is C30H34NO9+. The maximum absolute atomic E-state index is 13.3. The van der Waals surface area contributed by atoms with Crippen LogP contribution in [0.4, 0.5) is 0 Å². The second-order valence-corrected chi connectivity index (χ2v) is 10.6. The molecule has 0 radical (unpaired) electrons. The number of likely N-dealkylation sites (N-methyl/N-ethyl adjacent to an activating group) is 1. The highest BCUT2D eigenvalue weighted by molar-refractivity contribution is 6.19. The quantitative estimate of drug-likeness (QED) is 0.194. The first-order valence-electron chi connectivity index (χ1n) is 13.1. The average molecular weight is 553 g/mol. The second-order valence-electron chi connectivity index (χ2n) is 10.6. The molecule has 10 nitrogen and oxygen atoms in total. The first-order valence-corrected chi connectivity index (χ1v) is 13.1. The van der Waals surface area contributed by atoms with Gasteiger partial charge in [-0.3, -0.25) is 4.79 Å². The largest absolute Gasteiger partial charge is 0.507 e. The normalized spacial score (nSPS) is 23.2. The Labute approximate surface area is 230 Å². The van der Waals surface area contributed by atoms with Gasteiger partial charge in [0.2, 0.25) is 0 Å². The van der Waals surface area contributed by atoms with Gasteiger partial charge in [0.25, 0.3) is 0 Å². The van der Waals surface area contributed by atoms with Crippen LogP contribution in [0.25, 0.3) is 32.5 Å². The first-order chi connectivity index (χ1) is 19.0. The van der Waals surface area contributed by atoms with Gasteiger partial charge in [0.15, 0.2) is 12.1 Å². The number of aliphatic hydroxyl groups is 1. The summed E-state index contributed by atoms with van der Waals surface area (Å²) in [6.07, 6.45) is -3.31. The number of fused-ring (bicyclic) bond motifs is 5. The van der Waals surface area contributed by atoms with Gasteiger partial charge < -0.3 is 38.5 Å². The van der Waals surface area contributed by atoms with Crippen LogP contribution in [0.5, 0.6) is 17.2 Å². The fourth-order valence-corrected chi connectivity index (χ4v) is 6.05. The minimum absolute atomic E-state index is 0.0953. The lowest BCUT2D eigenvalue weighted by molar-refractivity contribution is -0.897. The number of phenolic OH excluding ortho intramolecular Hbond substituents is 1. The summed E-state index contributed by atoms with van der Waals surface area (Å²) in [5, 5.41) is 24.8. The third-order valence-electron chi connectivity index (χ3n) is 7.71. The van der Waals surface area contributed by atoms with Crippen molar-refractivity contribution in [2.45, 2.75) is 51.2 Å². The zero-order valence-electron chi connectivity index (χ0n) is 23.5. The number of carbonyl (C=O) groups excluding carboxylic acids is 1. The number of aryl methyl sites for hydroxylation is 1. The zero-order valence-corrected chi connectivity index (χ0v) is 23.5. The summed E-state index contributed by atoms with van der Waals surface area (Å²) >= 11 is 0. The highest BCUT2D eigenvalue weighted by Gasteiger charge is 2.50. The second kappa shape index (κ2) is 10.3. The molecule has 5 atom stereocenters. The molecule has 0 unspecified atom stereocenters. The third kappa shape index (κ3) is 4.32. The van der Waals surface area contributed by atoms with Gasteiger partial charge in [-0.2, -0.15) is 0 Å². The van der Waals surface area contributed by atoms with Crippen LogP contribution in [0.3, 0.4) is 0 Å². The van der Waals surface area contributed by atoms with Crippen LogP contribution < -0.4 is 20.0 Å². The summed E-state index contributed by atoms with van der Waals surface area (Å²) in [6, 6.07) is 7.87. The van der Waals surface area contributed by atoms with E-state index in [9.17, 15) is 19.8 Å². The Bertz CT molecular complexity index is 1690. The van der Waals surface area contributed by atoms with Gasteiger partial charge in [0.05, 0.1) is 45.2 Å². The smallest absolute Gasteiger partial charge is 0.344 e. The van der Waals surface area contributed by atoms with Gasteiger partial charge in [-0.1, -0.05) is 6.07 Å². The maximum Gasteiger partial charge on any atom is 0.344 e. The lowest BCUT2D eigenvalue weighted by Gasteiger charge is -2.44. The van der Waals surface area contributed by atoms with E-state index in [4.69, 9.17) is 23.4 Å². The fourth-order valence-electron chi connectivity index (χ4n) is 6.05. The molecule has 1 aliphatic rings. The average Bonchev–Trinajstić information content (AvgIpc) is 2.90. The summed E-state index contributed by atoms with van der Waals surface area (Å²) < 4.78 is 29.2. The van der Waals surface area contributed by atoms with Crippen molar-refractivity contribution in [1.82, 2.24) is 0 Å². The van der Waals surface area contributed by atoms with Crippen molar-refractivity contribution < 1.29 is 43.3 Å². The Morgan fingerprint density at radius 1 is 1.00 bits per heavy atom. The maximum atomic E-state index is 13.3. The number of methoxy groups -OCH3 is 2.